The molecule has 0 bridgehead atoms. The third-order valence-electron chi connectivity index (χ3n) is 4.32. The zero-order valence-electron chi connectivity index (χ0n) is 12.0. The summed E-state index contributed by atoms with van der Waals surface area (Å²) in [5.41, 5.74) is 6.30. The van der Waals surface area contributed by atoms with Crippen LogP contribution in [0.3, 0.4) is 0 Å². The predicted molar refractivity (Wildman–Crippen MR) is 77.3 cm³/mol. The van der Waals surface area contributed by atoms with Gasteiger partial charge in [-0.25, -0.2) is 4.39 Å². The van der Waals surface area contributed by atoms with E-state index in [9.17, 15) is 4.39 Å². The quantitative estimate of drug-likeness (QED) is 0.939. The van der Waals surface area contributed by atoms with E-state index in [0.717, 1.165) is 32.2 Å². The number of hydrogen-bond acceptors (Lipinski definition) is 4. The van der Waals surface area contributed by atoms with Gasteiger partial charge in [0.15, 0.2) is 5.82 Å². The van der Waals surface area contributed by atoms with Gasteiger partial charge in [-0.05, 0) is 49.8 Å². The molecule has 0 saturated heterocycles. The molecule has 3 rings (SSSR count). The Hall–Kier alpha value is -1.75. The number of halogens is 1. The van der Waals surface area contributed by atoms with Crippen LogP contribution in [0.15, 0.2) is 28.8 Å². The second kappa shape index (κ2) is 6.35. The molecule has 112 valence electrons. The van der Waals surface area contributed by atoms with Crippen molar-refractivity contribution in [2.24, 2.45) is 11.7 Å². The van der Waals surface area contributed by atoms with Crippen molar-refractivity contribution < 1.29 is 8.91 Å². The average molecular weight is 289 g/mol. The van der Waals surface area contributed by atoms with Crippen molar-refractivity contribution in [3.05, 3.63) is 47.4 Å². The Labute approximate surface area is 123 Å². The van der Waals surface area contributed by atoms with Crippen LogP contribution < -0.4 is 5.73 Å². The Morgan fingerprint density at radius 1 is 1.19 bits per heavy atom. The summed E-state index contributed by atoms with van der Waals surface area (Å²) >= 11 is 0. The molecule has 1 aliphatic carbocycles. The predicted octanol–water partition coefficient (Wildman–Crippen LogP) is 3.03. The molecule has 1 heterocycles. The first-order valence-electron chi connectivity index (χ1n) is 7.52. The first kappa shape index (κ1) is 14.2. The molecule has 5 heteroatoms. The maximum Gasteiger partial charge on any atom is 0.229 e. The van der Waals surface area contributed by atoms with Gasteiger partial charge in [0.2, 0.25) is 5.89 Å². The SMILES string of the molecule is NCC1CCC(c2nc(Cc3ccccc3F)no2)CC1. The third-order valence-corrected chi connectivity index (χ3v) is 4.32. The van der Waals surface area contributed by atoms with E-state index in [-0.39, 0.29) is 5.82 Å². The summed E-state index contributed by atoms with van der Waals surface area (Å²) in [7, 11) is 0. The molecule has 1 saturated carbocycles. The van der Waals surface area contributed by atoms with Crippen molar-refractivity contribution in [3.8, 4) is 0 Å². The molecule has 0 unspecified atom stereocenters. The molecule has 0 aliphatic heterocycles. The molecule has 0 radical (unpaired) electrons. The highest BCUT2D eigenvalue weighted by Gasteiger charge is 2.25. The summed E-state index contributed by atoms with van der Waals surface area (Å²) in [6.45, 7) is 0.759. The smallest absolute Gasteiger partial charge is 0.229 e. The molecule has 21 heavy (non-hydrogen) atoms. The van der Waals surface area contributed by atoms with E-state index >= 15 is 0 Å². The van der Waals surface area contributed by atoms with Crippen LogP contribution in [0.1, 0.15) is 48.9 Å². The maximum atomic E-state index is 13.6. The highest BCUT2D eigenvalue weighted by Crippen LogP contribution is 2.34. The zero-order chi connectivity index (χ0) is 14.7. The molecular weight excluding hydrogens is 269 g/mol. The number of hydrogen-bond donors (Lipinski definition) is 1. The first-order valence-corrected chi connectivity index (χ1v) is 7.52. The van der Waals surface area contributed by atoms with Gasteiger partial charge >= 0.3 is 0 Å². The standard InChI is InChI=1S/C16H20FN3O/c17-14-4-2-1-3-13(14)9-15-19-16(21-20-15)12-7-5-11(10-18)6-8-12/h1-4,11-12H,5-10,18H2. The molecular formula is C16H20FN3O. The monoisotopic (exact) mass is 289 g/mol. The second-order valence-corrected chi connectivity index (χ2v) is 5.77. The van der Waals surface area contributed by atoms with Crippen molar-refractivity contribution in [1.29, 1.82) is 0 Å². The van der Waals surface area contributed by atoms with E-state index in [0.29, 0.717) is 35.5 Å². The zero-order valence-corrected chi connectivity index (χ0v) is 12.0. The molecule has 0 amide bonds. The fraction of sp³-hybridized carbons (Fsp3) is 0.500. The number of rotatable bonds is 4. The van der Waals surface area contributed by atoms with Crippen LogP contribution in [-0.4, -0.2) is 16.7 Å². The summed E-state index contributed by atoms with van der Waals surface area (Å²) in [4.78, 5) is 4.45. The van der Waals surface area contributed by atoms with Gasteiger partial charge in [0.1, 0.15) is 5.82 Å². The highest BCUT2D eigenvalue weighted by molar-refractivity contribution is 5.20. The van der Waals surface area contributed by atoms with Crippen molar-refractivity contribution in [3.63, 3.8) is 0 Å². The lowest BCUT2D eigenvalue weighted by Gasteiger charge is -2.24. The normalized spacial score (nSPS) is 22.4. The van der Waals surface area contributed by atoms with Gasteiger partial charge in [-0.15, -0.1) is 0 Å². The van der Waals surface area contributed by atoms with Gasteiger partial charge in [-0.2, -0.15) is 4.98 Å². The van der Waals surface area contributed by atoms with Crippen LogP contribution >= 0.6 is 0 Å². The summed E-state index contributed by atoms with van der Waals surface area (Å²) in [5.74, 6) is 1.97. The molecule has 1 fully saturated rings. The third kappa shape index (κ3) is 3.29. The van der Waals surface area contributed by atoms with Gasteiger partial charge in [0.05, 0.1) is 0 Å². The average Bonchev–Trinajstić information content (AvgIpc) is 2.98. The van der Waals surface area contributed by atoms with E-state index in [4.69, 9.17) is 10.3 Å². The van der Waals surface area contributed by atoms with Crippen LogP contribution in [0, 0.1) is 11.7 Å². The van der Waals surface area contributed by atoms with E-state index < -0.39 is 0 Å². The van der Waals surface area contributed by atoms with E-state index in [2.05, 4.69) is 10.1 Å². The van der Waals surface area contributed by atoms with Crippen molar-refractivity contribution >= 4 is 0 Å². The number of nitrogens with two attached hydrogens (primary N) is 1. The molecule has 2 aromatic rings. The number of nitrogens with zero attached hydrogens (tertiary/aromatic N) is 2. The maximum absolute atomic E-state index is 13.6. The minimum atomic E-state index is -0.229. The van der Waals surface area contributed by atoms with Crippen LogP contribution in [-0.2, 0) is 6.42 Å². The van der Waals surface area contributed by atoms with Gasteiger partial charge in [-0.1, -0.05) is 23.4 Å². The minimum absolute atomic E-state index is 0.229. The van der Waals surface area contributed by atoms with Gasteiger partial charge in [0.25, 0.3) is 0 Å². The number of aromatic nitrogens is 2. The van der Waals surface area contributed by atoms with Gasteiger partial charge in [-0.3, -0.25) is 0 Å². The molecule has 4 nitrogen and oxygen atoms in total. The van der Waals surface area contributed by atoms with Gasteiger partial charge in [0, 0.05) is 12.3 Å². The lowest BCUT2D eigenvalue weighted by atomic mass is 9.82. The molecule has 0 atom stereocenters. The Balaban J connectivity index is 1.65. The highest BCUT2D eigenvalue weighted by atomic mass is 19.1. The van der Waals surface area contributed by atoms with Crippen LogP contribution in [0.4, 0.5) is 4.39 Å². The lowest BCUT2D eigenvalue weighted by Crippen LogP contribution is -2.20. The van der Waals surface area contributed by atoms with E-state index in [1.165, 1.54) is 6.07 Å². The summed E-state index contributed by atoms with van der Waals surface area (Å²) in [6.07, 6.45) is 4.69. The topological polar surface area (TPSA) is 64.9 Å². The molecule has 1 aromatic carbocycles. The molecule has 2 N–H and O–H groups in total. The Bertz CT molecular complexity index is 591. The van der Waals surface area contributed by atoms with Crippen molar-refractivity contribution in [2.75, 3.05) is 6.54 Å². The Kier molecular flexibility index (Phi) is 4.29. The second-order valence-electron chi connectivity index (χ2n) is 5.77. The lowest BCUT2D eigenvalue weighted by molar-refractivity contribution is 0.274. The van der Waals surface area contributed by atoms with Gasteiger partial charge < -0.3 is 10.3 Å². The summed E-state index contributed by atoms with van der Waals surface area (Å²) in [5, 5.41) is 3.99. The summed E-state index contributed by atoms with van der Waals surface area (Å²) in [6, 6.07) is 6.69. The van der Waals surface area contributed by atoms with Crippen molar-refractivity contribution in [2.45, 2.75) is 38.0 Å². The largest absolute Gasteiger partial charge is 0.339 e. The summed E-state index contributed by atoms with van der Waals surface area (Å²) < 4.78 is 19.0. The van der Waals surface area contributed by atoms with Crippen LogP contribution in [0.2, 0.25) is 0 Å². The van der Waals surface area contributed by atoms with Crippen LogP contribution in [0.25, 0.3) is 0 Å². The van der Waals surface area contributed by atoms with E-state index in [1.807, 2.05) is 6.07 Å². The fourth-order valence-electron chi connectivity index (χ4n) is 2.96. The fourth-order valence-corrected chi connectivity index (χ4v) is 2.96. The number of benzene rings is 1. The Morgan fingerprint density at radius 3 is 2.67 bits per heavy atom. The minimum Gasteiger partial charge on any atom is -0.339 e. The van der Waals surface area contributed by atoms with Crippen molar-refractivity contribution in [1.82, 2.24) is 10.1 Å². The van der Waals surface area contributed by atoms with Crippen LogP contribution in [0.5, 0.6) is 0 Å². The first-order chi connectivity index (χ1) is 10.3. The Morgan fingerprint density at radius 2 is 1.95 bits per heavy atom. The molecule has 1 aliphatic rings. The molecule has 0 spiro atoms. The van der Waals surface area contributed by atoms with E-state index in [1.54, 1.807) is 12.1 Å². The molecule has 1 aromatic heterocycles.